The molecule has 34 heavy (non-hydrogen) atoms. The quantitative estimate of drug-likeness (QED) is 0.346. The Bertz CT molecular complexity index is 728. The molecule has 0 aliphatic rings. The maximum atomic E-state index is 12.8. The molecular formula is C28H50N2O2P2. The van der Waals surface area contributed by atoms with E-state index >= 15 is 0 Å². The monoisotopic (exact) mass is 508 g/mol. The third-order valence-electron chi connectivity index (χ3n) is 5.84. The molecule has 0 saturated carbocycles. The van der Waals surface area contributed by atoms with Crippen LogP contribution in [-0.2, 0) is 9.59 Å². The van der Waals surface area contributed by atoms with Gasteiger partial charge >= 0.3 is 0 Å². The van der Waals surface area contributed by atoms with Crippen molar-refractivity contribution in [1.29, 1.82) is 0 Å². The van der Waals surface area contributed by atoms with Gasteiger partial charge in [-0.15, -0.1) is 0 Å². The zero-order valence-corrected chi connectivity index (χ0v) is 25.6. The van der Waals surface area contributed by atoms with Crippen molar-refractivity contribution in [3.05, 3.63) is 24.3 Å². The number of benzene rings is 1. The maximum absolute atomic E-state index is 12.8. The molecule has 0 atom stereocenters. The number of carbonyl (C=O) groups excluding carboxylic acids is 2. The summed E-state index contributed by atoms with van der Waals surface area (Å²) in [6.07, 6.45) is 2.77. The summed E-state index contributed by atoms with van der Waals surface area (Å²) in [4.78, 5) is 25.7. The zero-order valence-electron chi connectivity index (χ0n) is 23.8. The van der Waals surface area contributed by atoms with Gasteiger partial charge < -0.3 is 10.6 Å². The minimum absolute atomic E-state index is 0.00619. The van der Waals surface area contributed by atoms with Crippen LogP contribution in [0, 0.1) is 0 Å². The minimum Gasteiger partial charge on any atom is -0.324 e. The van der Waals surface area contributed by atoms with Crippen molar-refractivity contribution in [3.8, 4) is 0 Å². The number of amides is 2. The molecule has 194 valence electrons. The molecular weight excluding hydrogens is 458 g/mol. The molecule has 6 heteroatoms. The van der Waals surface area contributed by atoms with Crippen LogP contribution < -0.4 is 10.6 Å². The van der Waals surface area contributed by atoms with Crippen LogP contribution in [-0.4, -0.2) is 44.8 Å². The summed E-state index contributed by atoms with van der Waals surface area (Å²) >= 11 is 0. The van der Waals surface area contributed by atoms with Gasteiger partial charge in [-0.3, -0.25) is 9.59 Å². The van der Waals surface area contributed by atoms with E-state index in [1.807, 2.05) is 24.3 Å². The molecule has 0 aliphatic heterocycles. The first-order valence-corrected chi connectivity index (χ1v) is 15.5. The van der Waals surface area contributed by atoms with Gasteiger partial charge in [-0.05, 0) is 45.1 Å². The Morgan fingerprint density at radius 2 is 0.853 bits per heavy atom. The molecule has 2 amide bonds. The molecule has 1 aromatic carbocycles. The lowest BCUT2D eigenvalue weighted by atomic mass is 10.2. The topological polar surface area (TPSA) is 58.2 Å². The van der Waals surface area contributed by atoms with Crippen LogP contribution in [0.1, 0.15) is 95.9 Å². The van der Waals surface area contributed by atoms with Gasteiger partial charge in [0.2, 0.25) is 11.8 Å². The van der Waals surface area contributed by atoms with Crippen LogP contribution >= 0.6 is 15.8 Å². The fourth-order valence-electron chi connectivity index (χ4n) is 4.91. The number of nitrogens with one attached hydrogen (secondary N) is 2. The number of para-hydroxylation sites is 2. The Balaban J connectivity index is 2.81. The molecule has 0 aliphatic carbocycles. The molecule has 1 rings (SSSR count). The summed E-state index contributed by atoms with van der Waals surface area (Å²) in [6, 6.07) is 7.50. The van der Waals surface area contributed by atoms with Crippen LogP contribution in [0.25, 0.3) is 0 Å². The highest BCUT2D eigenvalue weighted by molar-refractivity contribution is 7.61. The molecule has 4 nitrogen and oxygen atoms in total. The Hall–Kier alpha value is -0.980. The lowest BCUT2D eigenvalue weighted by Gasteiger charge is -2.41. The highest BCUT2D eigenvalue weighted by atomic mass is 31.1. The van der Waals surface area contributed by atoms with Crippen LogP contribution in [0.4, 0.5) is 11.4 Å². The largest absolute Gasteiger partial charge is 0.324 e. The number of rotatable bonds is 8. The number of anilines is 2. The molecule has 0 fully saturated rings. The Kier molecular flexibility index (Phi) is 10.8. The van der Waals surface area contributed by atoms with Crippen molar-refractivity contribution in [2.45, 2.75) is 117 Å². The molecule has 1 aromatic rings. The Morgan fingerprint density at radius 3 is 1.09 bits per heavy atom. The second kappa shape index (κ2) is 11.8. The molecule has 0 unspecified atom stereocenters. The highest BCUT2D eigenvalue weighted by Gasteiger charge is 2.35. The van der Waals surface area contributed by atoms with Crippen molar-refractivity contribution in [2.75, 3.05) is 23.0 Å². The van der Waals surface area contributed by atoms with Gasteiger partial charge in [0.25, 0.3) is 0 Å². The normalized spacial score (nSPS) is 13.4. The Morgan fingerprint density at radius 1 is 0.588 bits per heavy atom. The fourth-order valence-corrected chi connectivity index (χ4v) is 12.5. The summed E-state index contributed by atoms with van der Waals surface area (Å²) in [6.45, 7) is 27.3. The smallest absolute Gasteiger partial charge is 0.224 e. The third-order valence-corrected chi connectivity index (χ3v) is 13.7. The highest BCUT2D eigenvalue weighted by Crippen LogP contribution is 2.60. The van der Waals surface area contributed by atoms with Crippen LogP contribution in [0.15, 0.2) is 24.3 Å². The van der Waals surface area contributed by atoms with E-state index in [0.29, 0.717) is 24.2 Å². The molecule has 0 aromatic heterocycles. The summed E-state index contributed by atoms with van der Waals surface area (Å²) < 4.78 is 0. The molecule has 0 bridgehead atoms. The lowest BCUT2D eigenvalue weighted by molar-refractivity contribution is -0.116. The molecule has 0 radical (unpaired) electrons. The van der Waals surface area contributed by atoms with Crippen molar-refractivity contribution in [3.63, 3.8) is 0 Å². The number of hydrogen-bond donors (Lipinski definition) is 2. The van der Waals surface area contributed by atoms with Gasteiger partial charge in [-0.25, -0.2) is 0 Å². The summed E-state index contributed by atoms with van der Waals surface area (Å²) in [5.41, 5.74) is 1.34. The van der Waals surface area contributed by atoms with Gasteiger partial charge in [0.05, 0.1) is 11.4 Å². The molecule has 2 N–H and O–H groups in total. The zero-order chi connectivity index (χ0) is 26.5. The SMILES string of the molecule is CC(C)(C)P(CCC(=O)Nc1ccccc1NC(=O)CCP(C(C)(C)C)C(C)(C)C)C(C)(C)C. The third kappa shape index (κ3) is 10.3. The van der Waals surface area contributed by atoms with Gasteiger partial charge in [-0.2, -0.15) is 0 Å². The first-order valence-electron chi connectivity index (χ1n) is 12.5. The van der Waals surface area contributed by atoms with E-state index in [1.54, 1.807) is 0 Å². The first kappa shape index (κ1) is 31.1. The van der Waals surface area contributed by atoms with Gasteiger partial charge in [0.1, 0.15) is 0 Å². The number of hydrogen-bond acceptors (Lipinski definition) is 2. The van der Waals surface area contributed by atoms with Crippen molar-refractivity contribution in [2.24, 2.45) is 0 Å². The molecule has 0 heterocycles. The average Bonchev–Trinajstić information content (AvgIpc) is 2.59. The predicted molar refractivity (Wildman–Crippen MR) is 156 cm³/mol. The molecule has 0 saturated heterocycles. The second-order valence-corrected chi connectivity index (χ2v) is 21.1. The van der Waals surface area contributed by atoms with Crippen molar-refractivity contribution in [1.82, 2.24) is 0 Å². The minimum atomic E-state index is -0.331. The summed E-state index contributed by atoms with van der Waals surface area (Å²) in [5.74, 6) is 0.0124. The van der Waals surface area contributed by atoms with E-state index in [0.717, 1.165) is 12.3 Å². The van der Waals surface area contributed by atoms with E-state index in [-0.39, 0.29) is 48.3 Å². The van der Waals surface area contributed by atoms with Gasteiger partial charge in [0, 0.05) is 12.8 Å². The number of carbonyl (C=O) groups is 2. The van der Waals surface area contributed by atoms with E-state index < -0.39 is 0 Å². The van der Waals surface area contributed by atoms with Gasteiger partial charge in [-0.1, -0.05) is 111 Å². The van der Waals surface area contributed by atoms with E-state index in [1.165, 1.54) is 0 Å². The van der Waals surface area contributed by atoms with E-state index in [9.17, 15) is 9.59 Å². The average molecular weight is 509 g/mol. The standard InChI is InChI=1S/C28H50N2O2P2/c1-25(2,3)33(26(4,5)6)19-17-23(31)29-21-15-13-14-16-22(21)30-24(32)18-20-34(27(7,8)9)28(10,11)12/h13-16H,17-20H2,1-12H3,(H,29,31)(H,30,32). The maximum Gasteiger partial charge on any atom is 0.224 e. The Labute approximate surface area is 212 Å². The van der Waals surface area contributed by atoms with E-state index in [4.69, 9.17) is 0 Å². The summed E-state index contributed by atoms with van der Waals surface area (Å²) in [5, 5.41) is 6.87. The second-order valence-electron chi connectivity index (χ2n) is 13.1. The van der Waals surface area contributed by atoms with Gasteiger partial charge in [0.15, 0.2) is 0 Å². The summed E-state index contributed by atoms with van der Waals surface area (Å²) in [7, 11) is -0.662. The van der Waals surface area contributed by atoms with Crippen LogP contribution in [0.5, 0.6) is 0 Å². The van der Waals surface area contributed by atoms with Crippen LogP contribution in [0.2, 0.25) is 0 Å². The molecule has 0 spiro atoms. The van der Waals surface area contributed by atoms with Crippen molar-refractivity contribution >= 4 is 39.0 Å². The van der Waals surface area contributed by atoms with Crippen molar-refractivity contribution < 1.29 is 9.59 Å². The predicted octanol–water partition coefficient (Wildman–Crippen LogP) is 8.50. The fraction of sp³-hybridized carbons (Fsp3) is 0.714. The van der Waals surface area contributed by atoms with Crippen LogP contribution in [0.3, 0.4) is 0 Å². The lowest BCUT2D eigenvalue weighted by Crippen LogP contribution is -2.28. The van der Waals surface area contributed by atoms with E-state index in [2.05, 4.69) is 93.7 Å². The first-order chi connectivity index (χ1) is 15.2.